The second kappa shape index (κ2) is 9.47. The van der Waals surface area contributed by atoms with Crippen molar-refractivity contribution < 1.29 is 4.79 Å². The number of nitrogens with two attached hydrogens (primary N) is 1. The van der Waals surface area contributed by atoms with E-state index in [0.29, 0.717) is 28.8 Å². The van der Waals surface area contributed by atoms with Crippen LogP contribution in [0.15, 0.2) is 60.9 Å². The molecule has 1 amide bonds. The van der Waals surface area contributed by atoms with Gasteiger partial charge in [0.15, 0.2) is 11.6 Å². The maximum absolute atomic E-state index is 12.5. The van der Waals surface area contributed by atoms with E-state index >= 15 is 0 Å². The summed E-state index contributed by atoms with van der Waals surface area (Å²) >= 11 is 0. The van der Waals surface area contributed by atoms with Crippen molar-refractivity contribution in [1.29, 1.82) is 0 Å². The molecule has 31 heavy (non-hydrogen) atoms. The van der Waals surface area contributed by atoms with Gasteiger partial charge in [0.25, 0.3) is 5.91 Å². The predicted octanol–water partition coefficient (Wildman–Crippen LogP) is 3.58. The molecule has 0 bridgehead atoms. The van der Waals surface area contributed by atoms with Crippen LogP contribution in [-0.4, -0.2) is 29.0 Å². The molecule has 1 aliphatic rings. The number of hydrogen-bond donors (Lipinski definition) is 3. The zero-order valence-corrected chi connectivity index (χ0v) is 17.7. The first kappa shape index (κ1) is 20.7. The molecule has 0 saturated carbocycles. The van der Waals surface area contributed by atoms with Gasteiger partial charge in [-0.25, -0.2) is 9.97 Å². The van der Waals surface area contributed by atoms with E-state index in [1.807, 2.05) is 25.1 Å². The van der Waals surface area contributed by atoms with Crippen LogP contribution in [0.3, 0.4) is 0 Å². The van der Waals surface area contributed by atoms with Crippen LogP contribution in [0.1, 0.15) is 34.3 Å². The molecule has 2 aromatic carbocycles. The summed E-state index contributed by atoms with van der Waals surface area (Å²) in [5, 5.41) is 0. The fourth-order valence-electron chi connectivity index (χ4n) is 4.05. The van der Waals surface area contributed by atoms with E-state index in [9.17, 15) is 4.79 Å². The Morgan fingerprint density at radius 2 is 1.77 bits per heavy atom. The molecule has 4 N–H and O–H groups in total. The summed E-state index contributed by atoms with van der Waals surface area (Å²) in [5.41, 5.74) is 15.2. The van der Waals surface area contributed by atoms with Crippen molar-refractivity contribution in [3.63, 3.8) is 0 Å². The van der Waals surface area contributed by atoms with Crippen LogP contribution < -0.4 is 21.5 Å². The van der Waals surface area contributed by atoms with Crippen molar-refractivity contribution in [3.8, 4) is 0 Å². The van der Waals surface area contributed by atoms with Gasteiger partial charge in [-0.05, 0) is 49.3 Å². The van der Waals surface area contributed by atoms with Gasteiger partial charge in [-0.15, -0.1) is 0 Å². The number of hydrazine groups is 1. The van der Waals surface area contributed by atoms with Gasteiger partial charge in [-0.1, -0.05) is 48.5 Å². The van der Waals surface area contributed by atoms with Crippen molar-refractivity contribution in [2.75, 3.05) is 29.1 Å². The van der Waals surface area contributed by atoms with Crippen LogP contribution in [0.25, 0.3) is 0 Å². The molecule has 2 heterocycles. The lowest BCUT2D eigenvalue weighted by atomic mass is 9.90. The molecule has 1 aliphatic heterocycles. The molecule has 0 unspecified atom stereocenters. The number of anilines is 3. The normalized spacial score (nSPS) is 14.3. The minimum absolute atomic E-state index is 0.237. The fraction of sp³-hybridized carbons (Fsp3) is 0.292. The average molecular weight is 417 g/mol. The Morgan fingerprint density at radius 3 is 2.52 bits per heavy atom. The molecule has 0 radical (unpaired) electrons. The molecule has 1 fully saturated rings. The number of aromatic nitrogens is 2. The van der Waals surface area contributed by atoms with Gasteiger partial charge in [0.2, 0.25) is 0 Å². The lowest BCUT2D eigenvalue weighted by molar-refractivity contribution is 0.0962. The molecule has 0 atom stereocenters. The van der Waals surface area contributed by atoms with Crippen molar-refractivity contribution in [2.45, 2.75) is 26.2 Å². The van der Waals surface area contributed by atoms with Crippen LogP contribution in [-0.2, 0) is 6.42 Å². The quantitative estimate of drug-likeness (QED) is 0.532. The predicted molar refractivity (Wildman–Crippen MR) is 124 cm³/mol. The number of piperidine rings is 1. The lowest BCUT2D eigenvalue weighted by Gasteiger charge is -2.33. The van der Waals surface area contributed by atoms with E-state index in [2.05, 4.69) is 56.1 Å². The van der Waals surface area contributed by atoms with Gasteiger partial charge in [-0.3, -0.25) is 15.6 Å². The first-order valence-corrected chi connectivity index (χ1v) is 10.6. The number of nitrogens with zero attached hydrogens (tertiary/aromatic N) is 3. The topological polar surface area (TPSA) is 96.2 Å². The Balaban J connectivity index is 1.37. The van der Waals surface area contributed by atoms with Crippen molar-refractivity contribution in [2.24, 2.45) is 5.92 Å². The maximum atomic E-state index is 12.5. The summed E-state index contributed by atoms with van der Waals surface area (Å²) in [6.07, 6.45) is 4.76. The highest BCUT2D eigenvalue weighted by Crippen LogP contribution is 2.30. The van der Waals surface area contributed by atoms with Crippen LogP contribution in [0.2, 0.25) is 0 Å². The Morgan fingerprint density at radius 1 is 1.06 bits per heavy atom. The van der Waals surface area contributed by atoms with Gasteiger partial charge < -0.3 is 10.6 Å². The smallest absolute Gasteiger partial charge is 0.269 e. The first-order valence-electron chi connectivity index (χ1n) is 10.6. The molecule has 1 aromatic heterocycles. The number of benzene rings is 2. The molecule has 3 aromatic rings. The largest absolute Gasteiger partial charge is 0.393 e. The highest BCUT2D eigenvalue weighted by atomic mass is 16.2. The highest BCUT2D eigenvalue weighted by molar-refractivity contribution is 5.96. The third-order valence-corrected chi connectivity index (χ3v) is 5.83. The Bertz CT molecular complexity index is 1030. The monoisotopic (exact) mass is 416 g/mol. The van der Waals surface area contributed by atoms with Crippen LogP contribution in [0, 0.1) is 12.8 Å². The van der Waals surface area contributed by atoms with Crippen LogP contribution >= 0.6 is 0 Å². The number of nitrogens with one attached hydrogen (secondary N) is 2. The molecular formula is C24H28N6O. The van der Waals surface area contributed by atoms with Crippen molar-refractivity contribution in [1.82, 2.24) is 15.4 Å². The van der Waals surface area contributed by atoms with E-state index in [1.54, 1.807) is 6.07 Å². The van der Waals surface area contributed by atoms with Gasteiger partial charge in [0, 0.05) is 18.7 Å². The number of carbonyl (C=O) groups is 1. The Labute approximate surface area is 182 Å². The van der Waals surface area contributed by atoms with E-state index in [4.69, 9.17) is 5.73 Å². The van der Waals surface area contributed by atoms with E-state index in [1.165, 1.54) is 11.9 Å². The van der Waals surface area contributed by atoms with E-state index in [-0.39, 0.29) is 5.91 Å². The highest BCUT2D eigenvalue weighted by Gasteiger charge is 2.23. The van der Waals surface area contributed by atoms with Crippen LogP contribution in [0.5, 0.6) is 0 Å². The number of nitrogen functional groups attached to an aromatic ring is 1. The van der Waals surface area contributed by atoms with Crippen molar-refractivity contribution in [3.05, 3.63) is 77.6 Å². The molecule has 1 saturated heterocycles. The molecule has 0 spiro atoms. The number of amides is 1. The third kappa shape index (κ3) is 4.94. The van der Waals surface area contributed by atoms with E-state index < -0.39 is 0 Å². The summed E-state index contributed by atoms with van der Waals surface area (Å²) in [6, 6.07) is 18.0. The minimum atomic E-state index is -0.237. The molecule has 7 heteroatoms. The molecule has 0 aliphatic carbocycles. The summed E-state index contributed by atoms with van der Waals surface area (Å²) in [7, 11) is 0. The Kier molecular flexibility index (Phi) is 6.31. The zero-order chi connectivity index (χ0) is 21.6. The van der Waals surface area contributed by atoms with Crippen LogP contribution in [0.4, 0.5) is 17.3 Å². The molecule has 7 nitrogen and oxygen atoms in total. The van der Waals surface area contributed by atoms with Crippen molar-refractivity contribution >= 4 is 23.2 Å². The van der Waals surface area contributed by atoms with Gasteiger partial charge in [-0.2, -0.15) is 0 Å². The average Bonchev–Trinajstić information content (AvgIpc) is 2.80. The number of rotatable bonds is 6. The summed E-state index contributed by atoms with van der Waals surface area (Å²) in [5.74, 6) is 1.53. The fourth-order valence-corrected chi connectivity index (χ4v) is 4.05. The lowest BCUT2D eigenvalue weighted by Crippen LogP contribution is -2.36. The zero-order valence-electron chi connectivity index (χ0n) is 17.7. The number of carbonyl (C=O) groups excluding carboxylic acids is 1. The summed E-state index contributed by atoms with van der Waals surface area (Å²) in [6.45, 7) is 3.69. The first-order chi connectivity index (χ1) is 15.1. The second-order valence-electron chi connectivity index (χ2n) is 7.97. The number of aryl methyl sites for hydroxylation is 1. The maximum Gasteiger partial charge on any atom is 0.269 e. The third-order valence-electron chi connectivity index (χ3n) is 5.83. The second-order valence-corrected chi connectivity index (χ2v) is 7.97. The standard InChI is InChI=1S/C24H28N6O/c1-17-7-5-6-10-20(17)24(31)29-28-22-21(25)23(27-16-26-22)30-13-11-19(12-14-30)15-18-8-3-2-4-9-18/h2-10,16,19H,11-15,25H2,1H3,(H,29,31)(H,26,27,28). The van der Waals surface area contributed by atoms with Gasteiger partial charge in [0.1, 0.15) is 12.0 Å². The molecular weight excluding hydrogens is 388 g/mol. The molecule has 160 valence electrons. The van der Waals surface area contributed by atoms with Gasteiger partial charge in [0.05, 0.1) is 0 Å². The Hall–Kier alpha value is -3.61. The van der Waals surface area contributed by atoms with E-state index in [0.717, 1.165) is 37.9 Å². The summed E-state index contributed by atoms with van der Waals surface area (Å²) in [4.78, 5) is 23.3. The molecule has 4 rings (SSSR count). The minimum Gasteiger partial charge on any atom is -0.393 e. The summed E-state index contributed by atoms with van der Waals surface area (Å²) < 4.78 is 0. The number of hydrogen-bond acceptors (Lipinski definition) is 6. The SMILES string of the molecule is Cc1ccccc1C(=O)NNc1ncnc(N2CCC(Cc3ccccc3)CC2)c1N. The van der Waals surface area contributed by atoms with Gasteiger partial charge >= 0.3 is 0 Å².